The highest BCUT2D eigenvalue weighted by Crippen LogP contribution is 2.10. The smallest absolute Gasteiger partial charge is 0.225 e. The monoisotopic (exact) mass is 281 g/mol. The van der Waals surface area contributed by atoms with E-state index >= 15 is 0 Å². The van der Waals surface area contributed by atoms with Crippen LogP contribution >= 0.6 is 0 Å². The van der Waals surface area contributed by atoms with Crippen LogP contribution in [-0.4, -0.2) is 61.6 Å². The molecule has 0 aromatic carbocycles. The number of hydrogen-bond donors (Lipinski definition) is 0. The van der Waals surface area contributed by atoms with Gasteiger partial charge in [0, 0.05) is 38.6 Å². The third-order valence-electron chi connectivity index (χ3n) is 3.74. The molecule has 1 unspecified atom stereocenters. The van der Waals surface area contributed by atoms with Gasteiger partial charge in [0.05, 0.1) is 25.7 Å². The number of nitriles is 1. The Morgan fingerprint density at radius 1 is 1.40 bits per heavy atom. The van der Waals surface area contributed by atoms with Crippen LogP contribution in [0.1, 0.15) is 33.1 Å². The number of ether oxygens (including phenoxy) is 1. The number of carbonyl (C=O) groups is 1. The average Bonchev–Trinajstić information content (AvgIpc) is 2.48. The van der Waals surface area contributed by atoms with E-state index in [0.717, 1.165) is 45.7 Å². The third-order valence-corrected chi connectivity index (χ3v) is 3.74. The molecule has 5 nitrogen and oxygen atoms in total. The van der Waals surface area contributed by atoms with Gasteiger partial charge in [-0.15, -0.1) is 0 Å². The minimum absolute atomic E-state index is 0.0587. The SMILES string of the molecule is CCCC(C)C(=O)N(CCC#N)CCN1CCOCC1. The van der Waals surface area contributed by atoms with Crippen molar-refractivity contribution < 1.29 is 9.53 Å². The van der Waals surface area contributed by atoms with Gasteiger partial charge in [0.2, 0.25) is 5.91 Å². The van der Waals surface area contributed by atoms with E-state index in [0.29, 0.717) is 19.5 Å². The molecule has 114 valence electrons. The Hall–Kier alpha value is -1.12. The molecule has 0 saturated carbocycles. The Morgan fingerprint density at radius 2 is 2.10 bits per heavy atom. The van der Waals surface area contributed by atoms with Crippen LogP contribution in [0.3, 0.4) is 0 Å². The van der Waals surface area contributed by atoms with Crippen LogP contribution in [-0.2, 0) is 9.53 Å². The summed E-state index contributed by atoms with van der Waals surface area (Å²) < 4.78 is 5.32. The summed E-state index contributed by atoms with van der Waals surface area (Å²) in [6, 6.07) is 2.13. The first-order valence-corrected chi connectivity index (χ1v) is 7.64. The molecule has 1 atom stereocenters. The van der Waals surface area contributed by atoms with Gasteiger partial charge in [-0.25, -0.2) is 0 Å². The fourth-order valence-electron chi connectivity index (χ4n) is 2.47. The maximum absolute atomic E-state index is 12.4. The van der Waals surface area contributed by atoms with Crippen molar-refractivity contribution >= 4 is 5.91 Å². The Balaban J connectivity index is 2.45. The number of amides is 1. The largest absolute Gasteiger partial charge is 0.379 e. The van der Waals surface area contributed by atoms with Crippen molar-refractivity contribution in [2.75, 3.05) is 45.9 Å². The van der Waals surface area contributed by atoms with Crippen molar-refractivity contribution in [1.29, 1.82) is 5.26 Å². The van der Waals surface area contributed by atoms with E-state index < -0.39 is 0 Å². The second-order valence-corrected chi connectivity index (χ2v) is 5.38. The zero-order valence-corrected chi connectivity index (χ0v) is 12.8. The Morgan fingerprint density at radius 3 is 2.70 bits per heavy atom. The van der Waals surface area contributed by atoms with E-state index in [4.69, 9.17) is 10.00 Å². The van der Waals surface area contributed by atoms with Crippen molar-refractivity contribution in [2.24, 2.45) is 5.92 Å². The van der Waals surface area contributed by atoms with Crippen LogP contribution in [0.4, 0.5) is 0 Å². The second kappa shape index (κ2) is 9.73. The molecule has 0 bridgehead atoms. The van der Waals surface area contributed by atoms with E-state index in [1.165, 1.54) is 0 Å². The van der Waals surface area contributed by atoms with Crippen LogP contribution in [0.5, 0.6) is 0 Å². The lowest BCUT2D eigenvalue weighted by molar-refractivity contribution is -0.135. The Bertz CT molecular complexity index is 322. The highest BCUT2D eigenvalue weighted by molar-refractivity contribution is 5.78. The molecule has 0 aromatic rings. The predicted octanol–water partition coefficient (Wildman–Crippen LogP) is 1.50. The van der Waals surface area contributed by atoms with Crippen LogP contribution in [0, 0.1) is 17.2 Å². The summed E-state index contributed by atoms with van der Waals surface area (Å²) in [5, 5.41) is 8.74. The maximum Gasteiger partial charge on any atom is 0.225 e. The minimum Gasteiger partial charge on any atom is -0.379 e. The van der Waals surface area contributed by atoms with Gasteiger partial charge in [-0.3, -0.25) is 9.69 Å². The number of morpholine rings is 1. The van der Waals surface area contributed by atoms with E-state index in [9.17, 15) is 4.79 Å². The molecule has 1 heterocycles. The molecular weight excluding hydrogens is 254 g/mol. The predicted molar refractivity (Wildman–Crippen MR) is 78.1 cm³/mol. The van der Waals surface area contributed by atoms with E-state index in [1.807, 2.05) is 11.8 Å². The Kier molecular flexibility index (Phi) is 8.24. The summed E-state index contributed by atoms with van der Waals surface area (Å²) in [5.74, 6) is 0.249. The van der Waals surface area contributed by atoms with Gasteiger partial charge in [-0.1, -0.05) is 20.3 Å². The maximum atomic E-state index is 12.4. The quantitative estimate of drug-likeness (QED) is 0.676. The third kappa shape index (κ3) is 5.89. The minimum atomic E-state index is 0.0587. The van der Waals surface area contributed by atoms with Crippen molar-refractivity contribution in [3.8, 4) is 6.07 Å². The molecule has 1 rings (SSSR count). The van der Waals surface area contributed by atoms with Crippen molar-refractivity contribution in [1.82, 2.24) is 9.80 Å². The molecule has 1 aliphatic rings. The molecule has 0 aliphatic carbocycles. The molecular formula is C15H27N3O2. The fourth-order valence-corrected chi connectivity index (χ4v) is 2.47. The summed E-state index contributed by atoms with van der Waals surface area (Å²) in [4.78, 5) is 16.6. The van der Waals surface area contributed by atoms with Crippen LogP contribution in [0.2, 0.25) is 0 Å². The summed E-state index contributed by atoms with van der Waals surface area (Å²) >= 11 is 0. The molecule has 5 heteroatoms. The van der Waals surface area contributed by atoms with E-state index in [1.54, 1.807) is 0 Å². The van der Waals surface area contributed by atoms with Crippen molar-refractivity contribution in [3.05, 3.63) is 0 Å². The van der Waals surface area contributed by atoms with Gasteiger partial charge in [0.25, 0.3) is 0 Å². The molecule has 1 aliphatic heterocycles. The molecule has 1 amide bonds. The highest BCUT2D eigenvalue weighted by atomic mass is 16.5. The molecule has 20 heavy (non-hydrogen) atoms. The normalized spacial score (nSPS) is 17.4. The molecule has 0 spiro atoms. The average molecular weight is 281 g/mol. The lowest BCUT2D eigenvalue weighted by Crippen LogP contribution is -2.44. The summed E-state index contributed by atoms with van der Waals surface area (Å²) in [7, 11) is 0. The lowest BCUT2D eigenvalue weighted by atomic mass is 10.0. The highest BCUT2D eigenvalue weighted by Gasteiger charge is 2.20. The van der Waals surface area contributed by atoms with Gasteiger partial charge in [0.1, 0.15) is 0 Å². The first-order chi connectivity index (χ1) is 9.69. The van der Waals surface area contributed by atoms with Crippen LogP contribution in [0.25, 0.3) is 0 Å². The Labute approximate surface area is 122 Å². The fraction of sp³-hybridized carbons (Fsp3) is 0.867. The molecule has 0 aromatic heterocycles. The van der Waals surface area contributed by atoms with Gasteiger partial charge in [0.15, 0.2) is 0 Å². The van der Waals surface area contributed by atoms with Gasteiger partial charge >= 0.3 is 0 Å². The number of carbonyl (C=O) groups excluding carboxylic acids is 1. The zero-order chi connectivity index (χ0) is 14.8. The van der Waals surface area contributed by atoms with E-state index in [-0.39, 0.29) is 11.8 Å². The summed E-state index contributed by atoms with van der Waals surface area (Å²) in [6.45, 7) is 9.64. The number of rotatable bonds is 8. The topological polar surface area (TPSA) is 56.6 Å². The summed E-state index contributed by atoms with van der Waals surface area (Å²) in [6.07, 6.45) is 2.34. The standard InChI is InChI=1S/C15H27N3O2/c1-3-5-14(2)15(19)18(7-4-6-16)9-8-17-10-12-20-13-11-17/h14H,3-5,7-13H2,1-2H3. The van der Waals surface area contributed by atoms with Gasteiger partial charge < -0.3 is 9.64 Å². The van der Waals surface area contributed by atoms with E-state index in [2.05, 4.69) is 17.9 Å². The molecule has 1 saturated heterocycles. The number of nitrogens with zero attached hydrogens (tertiary/aromatic N) is 3. The van der Waals surface area contributed by atoms with Crippen LogP contribution < -0.4 is 0 Å². The summed E-state index contributed by atoms with van der Waals surface area (Å²) in [5.41, 5.74) is 0. The van der Waals surface area contributed by atoms with Crippen molar-refractivity contribution in [3.63, 3.8) is 0 Å². The molecule has 0 radical (unpaired) electrons. The lowest BCUT2D eigenvalue weighted by Gasteiger charge is -2.31. The first kappa shape index (κ1) is 16.9. The number of hydrogen-bond acceptors (Lipinski definition) is 4. The van der Waals surface area contributed by atoms with Crippen molar-refractivity contribution in [2.45, 2.75) is 33.1 Å². The van der Waals surface area contributed by atoms with Gasteiger partial charge in [-0.2, -0.15) is 5.26 Å². The zero-order valence-electron chi connectivity index (χ0n) is 12.8. The van der Waals surface area contributed by atoms with Crippen LogP contribution in [0.15, 0.2) is 0 Å². The molecule has 0 N–H and O–H groups in total. The first-order valence-electron chi connectivity index (χ1n) is 7.64. The van der Waals surface area contributed by atoms with Gasteiger partial charge in [-0.05, 0) is 6.42 Å². The molecule has 1 fully saturated rings. The second-order valence-electron chi connectivity index (χ2n) is 5.38.